The molecule has 12 heavy (non-hydrogen) atoms. The molecule has 0 aromatic rings. The second-order valence-corrected chi connectivity index (χ2v) is 3.06. The van der Waals surface area contributed by atoms with Crippen LogP contribution < -0.4 is 10.6 Å². The van der Waals surface area contributed by atoms with Gasteiger partial charge < -0.3 is 5.32 Å². The largest absolute Gasteiger partial charge is 0.316 e. The van der Waals surface area contributed by atoms with Crippen LogP contribution in [0.25, 0.3) is 0 Å². The molecule has 2 heterocycles. The summed E-state index contributed by atoms with van der Waals surface area (Å²) in [6.45, 7) is 1.50. The van der Waals surface area contributed by atoms with Crippen LogP contribution in [0.3, 0.4) is 0 Å². The molecule has 2 aliphatic rings. The van der Waals surface area contributed by atoms with E-state index in [4.69, 9.17) is 0 Å². The number of carbonyl (C=O) groups is 2. The first-order chi connectivity index (χ1) is 5.29. The molecule has 2 aliphatic heterocycles. The van der Waals surface area contributed by atoms with Gasteiger partial charge in [-0.3, -0.25) is 14.9 Å². The third-order valence-electron chi connectivity index (χ3n) is 2.40. The predicted molar refractivity (Wildman–Crippen MR) is 44.9 cm³/mol. The highest BCUT2D eigenvalue weighted by Gasteiger charge is 2.42. The molecule has 2 saturated heterocycles. The number of rotatable bonds is 0. The quantitative estimate of drug-likeness (QED) is 0.497. The molecular formula is C7H11ClN2O2. The highest BCUT2D eigenvalue weighted by atomic mass is 35.5. The highest BCUT2D eigenvalue weighted by molar-refractivity contribution is 6.05. The van der Waals surface area contributed by atoms with Gasteiger partial charge in [-0.1, -0.05) is 0 Å². The summed E-state index contributed by atoms with van der Waals surface area (Å²) in [5, 5.41) is 5.44. The van der Waals surface area contributed by atoms with Crippen molar-refractivity contribution in [1.29, 1.82) is 0 Å². The maximum absolute atomic E-state index is 11.1. The lowest BCUT2D eigenvalue weighted by atomic mass is 9.89. The lowest BCUT2D eigenvalue weighted by Gasteiger charge is -2.21. The minimum absolute atomic E-state index is 0. The van der Waals surface area contributed by atoms with E-state index < -0.39 is 0 Å². The van der Waals surface area contributed by atoms with E-state index in [0.29, 0.717) is 6.54 Å². The first-order valence-corrected chi connectivity index (χ1v) is 3.84. The van der Waals surface area contributed by atoms with E-state index in [1.165, 1.54) is 0 Å². The number of imide groups is 1. The summed E-state index contributed by atoms with van der Waals surface area (Å²) in [6.07, 6.45) is 0.794. The summed E-state index contributed by atoms with van der Waals surface area (Å²) < 4.78 is 0. The minimum Gasteiger partial charge on any atom is -0.316 e. The number of hydrogen-bond donors (Lipinski definition) is 2. The molecule has 0 saturated carbocycles. The lowest BCUT2D eigenvalue weighted by Crippen LogP contribution is -2.38. The van der Waals surface area contributed by atoms with Crippen LogP contribution in [0, 0.1) is 11.8 Å². The summed E-state index contributed by atoms with van der Waals surface area (Å²) in [7, 11) is 0. The molecule has 5 heteroatoms. The zero-order valence-electron chi connectivity index (χ0n) is 6.50. The van der Waals surface area contributed by atoms with Crippen molar-refractivity contribution in [2.24, 2.45) is 11.8 Å². The van der Waals surface area contributed by atoms with Gasteiger partial charge in [0.15, 0.2) is 0 Å². The Bertz CT molecular complexity index is 197. The van der Waals surface area contributed by atoms with Crippen LogP contribution in [0.1, 0.15) is 6.42 Å². The Morgan fingerprint density at radius 1 is 1.17 bits per heavy atom. The monoisotopic (exact) mass is 190 g/mol. The molecule has 68 valence electrons. The molecule has 0 spiro atoms. The predicted octanol–water partition coefficient (Wildman–Crippen LogP) is -0.710. The van der Waals surface area contributed by atoms with Crippen LogP contribution in [-0.2, 0) is 9.59 Å². The van der Waals surface area contributed by atoms with Crippen LogP contribution in [-0.4, -0.2) is 24.9 Å². The number of nitrogens with one attached hydrogen (secondary N) is 2. The standard InChI is InChI=1S/C7H10N2O2.ClH/c10-6-4-1-2-8-3-5(4)7(11)9-6;/h4-5,8H,1-3H2,(H,9,10,11);1H. The molecule has 2 amide bonds. The second-order valence-electron chi connectivity index (χ2n) is 3.06. The zero-order valence-corrected chi connectivity index (χ0v) is 7.32. The van der Waals surface area contributed by atoms with Crippen molar-refractivity contribution in [1.82, 2.24) is 10.6 Å². The number of amides is 2. The topological polar surface area (TPSA) is 58.2 Å². The molecule has 2 unspecified atom stereocenters. The Morgan fingerprint density at radius 2 is 1.83 bits per heavy atom. The molecule has 2 rings (SSSR count). The number of fused-ring (bicyclic) bond motifs is 1. The van der Waals surface area contributed by atoms with Gasteiger partial charge in [-0.2, -0.15) is 0 Å². The van der Waals surface area contributed by atoms with E-state index in [-0.39, 0.29) is 36.1 Å². The van der Waals surface area contributed by atoms with Gasteiger partial charge in [0.25, 0.3) is 0 Å². The Kier molecular flexibility index (Phi) is 2.69. The van der Waals surface area contributed by atoms with E-state index in [9.17, 15) is 9.59 Å². The SMILES string of the molecule is Cl.O=C1NC(=O)C2CNCCC12. The van der Waals surface area contributed by atoms with Gasteiger partial charge in [0.2, 0.25) is 11.8 Å². The maximum Gasteiger partial charge on any atom is 0.231 e. The first kappa shape index (κ1) is 9.48. The summed E-state index contributed by atoms with van der Waals surface area (Å²) in [5.41, 5.74) is 0. The van der Waals surface area contributed by atoms with Crippen molar-refractivity contribution in [3.05, 3.63) is 0 Å². The second kappa shape index (κ2) is 3.41. The molecule has 0 bridgehead atoms. The normalized spacial score (nSPS) is 33.7. The van der Waals surface area contributed by atoms with E-state index in [1.807, 2.05) is 0 Å². The van der Waals surface area contributed by atoms with Crippen molar-refractivity contribution < 1.29 is 9.59 Å². The van der Waals surface area contributed by atoms with Crippen LogP contribution in [0.15, 0.2) is 0 Å². The Labute approximate surface area is 76.5 Å². The Hall–Kier alpha value is -0.610. The Morgan fingerprint density at radius 3 is 2.50 bits per heavy atom. The molecule has 2 N–H and O–H groups in total. The Balaban J connectivity index is 0.000000720. The van der Waals surface area contributed by atoms with Gasteiger partial charge in [0.05, 0.1) is 11.8 Å². The van der Waals surface area contributed by atoms with E-state index in [2.05, 4.69) is 10.6 Å². The van der Waals surface area contributed by atoms with E-state index in [1.54, 1.807) is 0 Å². The minimum atomic E-state index is -0.104. The number of hydrogen-bond acceptors (Lipinski definition) is 3. The third-order valence-corrected chi connectivity index (χ3v) is 2.40. The fourth-order valence-corrected chi connectivity index (χ4v) is 1.75. The molecule has 0 aromatic heterocycles. The smallest absolute Gasteiger partial charge is 0.231 e. The molecule has 0 aromatic carbocycles. The van der Waals surface area contributed by atoms with Gasteiger partial charge in [0.1, 0.15) is 0 Å². The van der Waals surface area contributed by atoms with Crippen LogP contribution in [0.5, 0.6) is 0 Å². The zero-order chi connectivity index (χ0) is 7.84. The molecule has 0 radical (unpaired) electrons. The summed E-state index contributed by atoms with van der Waals surface area (Å²) in [6, 6.07) is 0. The van der Waals surface area contributed by atoms with Crippen LogP contribution >= 0.6 is 12.4 Å². The van der Waals surface area contributed by atoms with Gasteiger partial charge in [-0.25, -0.2) is 0 Å². The number of halogens is 1. The summed E-state index contributed by atoms with van der Waals surface area (Å²) in [5.74, 6) is -0.339. The van der Waals surface area contributed by atoms with Crippen LogP contribution in [0.4, 0.5) is 0 Å². The average molecular weight is 191 g/mol. The first-order valence-electron chi connectivity index (χ1n) is 3.84. The van der Waals surface area contributed by atoms with E-state index >= 15 is 0 Å². The number of carbonyl (C=O) groups excluding carboxylic acids is 2. The van der Waals surface area contributed by atoms with Gasteiger partial charge in [-0.15, -0.1) is 12.4 Å². The van der Waals surface area contributed by atoms with Crippen molar-refractivity contribution in [2.45, 2.75) is 6.42 Å². The van der Waals surface area contributed by atoms with Gasteiger partial charge in [-0.05, 0) is 13.0 Å². The summed E-state index contributed by atoms with van der Waals surface area (Å²) in [4.78, 5) is 22.1. The molecule has 2 atom stereocenters. The lowest BCUT2D eigenvalue weighted by molar-refractivity contribution is -0.126. The van der Waals surface area contributed by atoms with E-state index in [0.717, 1.165) is 13.0 Å². The van der Waals surface area contributed by atoms with Crippen LogP contribution in [0.2, 0.25) is 0 Å². The molecule has 4 nitrogen and oxygen atoms in total. The summed E-state index contributed by atoms with van der Waals surface area (Å²) >= 11 is 0. The van der Waals surface area contributed by atoms with Crippen molar-refractivity contribution >= 4 is 24.2 Å². The molecule has 0 aliphatic carbocycles. The average Bonchev–Trinajstić information content (AvgIpc) is 2.30. The van der Waals surface area contributed by atoms with Crippen molar-refractivity contribution in [3.8, 4) is 0 Å². The number of piperidine rings is 1. The maximum atomic E-state index is 11.1. The molecule has 2 fully saturated rings. The highest BCUT2D eigenvalue weighted by Crippen LogP contribution is 2.24. The fraction of sp³-hybridized carbons (Fsp3) is 0.714. The van der Waals surface area contributed by atoms with Gasteiger partial charge in [0, 0.05) is 6.54 Å². The fourth-order valence-electron chi connectivity index (χ4n) is 1.75. The van der Waals surface area contributed by atoms with Crippen molar-refractivity contribution in [2.75, 3.05) is 13.1 Å². The van der Waals surface area contributed by atoms with Crippen molar-refractivity contribution in [3.63, 3.8) is 0 Å². The third kappa shape index (κ3) is 1.32. The molecular weight excluding hydrogens is 180 g/mol. The van der Waals surface area contributed by atoms with Gasteiger partial charge >= 0.3 is 0 Å².